The Labute approximate surface area is 158 Å². The molecule has 1 amide bonds. The van der Waals surface area contributed by atoms with E-state index in [0.717, 1.165) is 15.8 Å². The van der Waals surface area contributed by atoms with Gasteiger partial charge in [-0.25, -0.2) is 4.39 Å². The molecule has 27 heavy (non-hydrogen) atoms. The van der Waals surface area contributed by atoms with Gasteiger partial charge in [-0.1, -0.05) is 18.2 Å². The second-order valence-electron chi connectivity index (χ2n) is 5.91. The summed E-state index contributed by atoms with van der Waals surface area (Å²) in [6.07, 6.45) is 7.36. The predicted octanol–water partition coefficient (Wildman–Crippen LogP) is 4.51. The van der Waals surface area contributed by atoms with Crippen LogP contribution in [-0.4, -0.2) is 21.1 Å². The van der Waals surface area contributed by atoms with Crippen LogP contribution in [0.15, 0.2) is 54.2 Å². The largest absolute Gasteiger partial charge is 0.323 e. The smallest absolute Gasteiger partial charge is 0.229 e. The number of fused-ring (bicyclic) bond motifs is 1. The lowest BCUT2D eigenvalue weighted by Crippen LogP contribution is -2.14. The maximum atomic E-state index is 14.3. The summed E-state index contributed by atoms with van der Waals surface area (Å²) in [5, 5.41) is 12.3. The Kier molecular flexibility index (Phi) is 4.76. The molecule has 7 heteroatoms. The lowest BCUT2D eigenvalue weighted by Gasteiger charge is -2.06. The third-order valence-corrected chi connectivity index (χ3v) is 4.86. The Morgan fingerprint density at radius 3 is 2.96 bits per heavy atom. The van der Waals surface area contributed by atoms with Crippen molar-refractivity contribution in [2.75, 3.05) is 5.32 Å². The highest BCUT2D eigenvalue weighted by molar-refractivity contribution is 7.10. The summed E-state index contributed by atoms with van der Waals surface area (Å²) in [4.78, 5) is 17.2. The van der Waals surface area contributed by atoms with Crippen LogP contribution in [0.1, 0.15) is 16.1 Å². The average Bonchev–Trinajstić information content (AvgIpc) is 3.31. The quantitative estimate of drug-likeness (QED) is 0.537. The molecule has 0 aliphatic carbocycles. The van der Waals surface area contributed by atoms with Crippen molar-refractivity contribution in [2.24, 2.45) is 0 Å². The van der Waals surface area contributed by atoms with Gasteiger partial charge >= 0.3 is 0 Å². The van der Waals surface area contributed by atoms with E-state index in [1.54, 1.807) is 18.5 Å². The number of H-pyrrole nitrogens is 1. The molecule has 3 aromatic heterocycles. The van der Waals surface area contributed by atoms with Crippen LogP contribution in [0.5, 0.6) is 0 Å². The van der Waals surface area contributed by atoms with Crippen LogP contribution in [0.25, 0.3) is 23.1 Å². The van der Waals surface area contributed by atoms with Gasteiger partial charge in [0.2, 0.25) is 5.91 Å². The van der Waals surface area contributed by atoms with Gasteiger partial charge in [0.15, 0.2) is 0 Å². The molecule has 0 unspecified atom stereocenters. The summed E-state index contributed by atoms with van der Waals surface area (Å²) >= 11 is 1.49. The summed E-state index contributed by atoms with van der Waals surface area (Å²) in [6.45, 7) is 0. The SMILES string of the molecule is O=C(Cc1cccs1)Nc1cc2c(C=Cc3cccnc3)n[nH]c2cc1F. The third kappa shape index (κ3) is 3.93. The first-order chi connectivity index (χ1) is 13.2. The zero-order valence-corrected chi connectivity index (χ0v) is 15.0. The van der Waals surface area contributed by atoms with Crippen molar-refractivity contribution in [1.29, 1.82) is 0 Å². The number of nitrogens with one attached hydrogen (secondary N) is 2. The van der Waals surface area contributed by atoms with Gasteiger partial charge in [0.05, 0.1) is 23.3 Å². The average molecular weight is 378 g/mol. The Hall–Kier alpha value is -3.32. The molecule has 3 heterocycles. The lowest BCUT2D eigenvalue weighted by molar-refractivity contribution is -0.115. The van der Waals surface area contributed by atoms with Crippen molar-refractivity contribution in [3.63, 3.8) is 0 Å². The van der Waals surface area contributed by atoms with Gasteiger partial charge in [-0.2, -0.15) is 5.10 Å². The second-order valence-corrected chi connectivity index (χ2v) is 6.94. The van der Waals surface area contributed by atoms with Crippen LogP contribution < -0.4 is 5.32 Å². The maximum Gasteiger partial charge on any atom is 0.229 e. The Morgan fingerprint density at radius 2 is 2.19 bits per heavy atom. The predicted molar refractivity (Wildman–Crippen MR) is 106 cm³/mol. The number of carbonyl (C=O) groups excluding carboxylic acids is 1. The van der Waals surface area contributed by atoms with Crippen molar-refractivity contribution in [1.82, 2.24) is 15.2 Å². The van der Waals surface area contributed by atoms with Crippen LogP contribution in [0, 0.1) is 5.82 Å². The van der Waals surface area contributed by atoms with Crippen LogP contribution in [-0.2, 0) is 11.2 Å². The monoisotopic (exact) mass is 378 g/mol. The molecule has 5 nitrogen and oxygen atoms in total. The molecule has 0 atom stereocenters. The highest BCUT2D eigenvalue weighted by atomic mass is 32.1. The van der Waals surface area contributed by atoms with Crippen LogP contribution in [0.2, 0.25) is 0 Å². The number of thiophene rings is 1. The van der Waals surface area contributed by atoms with Gasteiger partial charge in [0.1, 0.15) is 5.82 Å². The van der Waals surface area contributed by atoms with Crippen molar-refractivity contribution in [3.05, 3.63) is 76.1 Å². The number of hydrogen-bond acceptors (Lipinski definition) is 4. The third-order valence-electron chi connectivity index (χ3n) is 3.99. The van der Waals surface area contributed by atoms with E-state index in [9.17, 15) is 9.18 Å². The number of carbonyl (C=O) groups is 1. The fraction of sp³-hybridized carbons (Fsp3) is 0.0500. The van der Waals surface area contributed by atoms with Gasteiger partial charge in [-0.15, -0.1) is 11.3 Å². The minimum Gasteiger partial charge on any atom is -0.323 e. The first-order valence-electron chi connectivity index (χ1n) is 8.27. The summed E-state index contributed by atoms with van der Waals surface area (Å²) in [7, 11) is 0. The molecule has 0 radical (unpaired) electrons. The Bertz CT molecular complexity index is 1100. The van der Waals surface area contributed by atoms with Crippen molar-refractivity contribution < 1.29 is 9.18 Å². The first kappa shape index (κ1) is 17.1. The van der Waals surface area contributed by atoms with E-state index >= 15 is 0 Å². The fourth-order valence-corrected chi connectivity index (χ4v) is 3.40. The van der Waals surface area contributed by atoms with Gasteiger partial charge in [-0.3, -0.25) is 14.9 Å². The topological polar surface area (TPSA) is 70.7 Å². The van der Waals surface area contributed by atoms with E-state index < -0.39 is 5.82 Å². The number of benzene rings is 1. The highest BCUT2D eigenvalue weighted by Gasteiger charge is 2.12. The molecule has 0 aliphatic heterocycles. The van der Waals surface area contributed by atoms with Gasteiger partial charge < -0.3 is 5.32 Å². The second kappa shape index (κ2) is 7.51. The minimum atomic E-state index is -0.506. The van der Waals surface area contributed by atoms with Crippen molar-refractivity contribution >= 4 is 46.0 Å². The number of hydrogen-bond donors (Lipinski definition) is 2. The molecule has 4 aromatic rings. The summed E-state index contributed by atoms with van der Waals surface area (Å²) in [5.41, 5.74) is 2.29. The van der Waals surface area contributed by atoms with Crippen LogP contribution in [0.4, 0.5) is 10.1 Å². The molecule has 0 saturated heterocycles. The van der Waals surface area contributed by atoms with E-state index in [1.807, 2.05) is 41.8 Å². The molecule has 0 fully saturated rings. The van der Waals surface area contributed by atoms with Gasteiger partial charge in [0.25, 0.3) is 0 Å². The number of pyridine rings is 1. The normalized spacial score (nSPS) is 11.3. The lowest BCUT2D eigenvalue weighted by atomic mass is 10.1. The Morgan fingerprint density at radius 1 is 1.26 bits per heavy atom. The molecule has 2 N–H and O–H groups in total. The molecule has 0 spiro atoms. The Balaban J connectivity index is 1.59. The number of aromatic amines is 1. The molecule has 0 saturated carbocycles. The van der Waals surface area contributed by atoms with Crippen molar-refractivity contribution in [3.8, 4) is 0 Å². The molecular weight excluding hydrogens is 363 g/mol. The molecule has 0 bridgehead atoms. The maximum absolute atomic E-state index is 14.3. The summed E-state index contributed by atoms with van der Waals surface area (Å²) in [6, 6.07) is 10.5. The summed E-state index contributed by atoms with van der Waals surface area (Å²) < 4.78 is 14.3. The number of rotatable bonds is 5. The molecule has 0 aliphatic rings. The highest BCUT2D eigenvalue weighted by Crippen LogP contribution is 2.25. The number of amides is 1. The molecule has 1 aromatic carbocycles. The first-order valence-corrected chi connectivity index (χ1v) is 9.15. The van der Waals surface area contributed by atoms with Crippen LogP contribution in [0.3, 0.4) is 0 Å². The van der Waals surface area contributed by atoms with Crippen molar-refractivity contribution in [2.45, 2.75) is 6.42 Å². The van der Waals surface area contributed by atoms with E-state index in [4.69, 9.17) is 0 Å². The molecule has 4 rings (SSSR count). The molecular formula is C20H15FN4OS. The van der Waals surface area contributed by atoms with E-state index in [-0.39, 0.29) is 18.0 Å². The summed E-state index contributed by atoms with van der Waals surface area (Å²) in [5.74, 6) is -0.764. The van der Waals surface area contributed by atoms with E-state index in [1.165, 1.54) is 17.4 Å². The standard InChI is InChI=1S/C20H15FN4OS/c21-16-11-18-15(10-19(16)23-20(26)9-14-4-2-8-27-14)17(24-25-18)6-5-13-3-1-7-22-12-13/h1-8,10-12H,9H2,(H,23,26)(H,24,25). The number of nitrogens with zero attached hydrogens (tertiary/aromatic N) is 2. The molecule has 134 valence electrons. The van der Waals surface area contributed by atoms with Gasteiger partial charge in [0, 0.05) is 28.7 Å². The zero-order valence-electron chi connectivity index (χ0n) is 14.1. The number of halogens is 1. The van der Waals surface area contributed by atoms with Crippen LogP contribution >= 0.6 is 11.3 Å². The van der Waals surface area contributed by atoms with Gasteiger partial charge in [-0.05, 0) is 35.2 Å². The number of aromatic nitrogens is 3. The van der Waals surface area contributed by atoms with E-state index in [0.29, 0.717) is 11.2 Å². The fourth-order valence-electron chi connectivity index (χ4n) is 2.70. The minimum absolute atomic E-state index is 0.140. The zero-order chi connectivity index (χ0) is 18.6. The number of anilines is 1. The van der Waals surface area contributed by atoms with E-state index in [2.05, 4.69) is 20.5 Å².